The molecule has 144 valence electrons. The Morgan fingerprint density at radius 2 is 2.11 bits per heavy atom. The number of ether oxygens (including phenoxy) is 2. The van der Waals surface area contributed by atoms with Gasteiger partial charge in [0, 0.05) is 36.0 Å². The van der Waals surface area contributed by atoms with Gasteiger partial charge in [0.2, 0.25) is 0 Å². The third-order valence-corrected chi connectivity index (χ3v) is 5.20. The van der Waals surface area contributed by atoms with Crippen molar-refractivity contribution in [1.29, 1.82) is 0 Å². The molecule has 0 aliphatic carbocycles. The van der Waals surface area contributed by atoms with Gasteiger partial charge in [-0.3, -0.25) is 0 Å². The Bertz CT molecular complexity index is 762. The Morgan fingerprint density at radius 1 is 1.33 bits per heavy atom. The third-order valence-electron chi connectivity index (χ3n) is 4.49. The highest BCUT2D eigenvalue weighted by molar-refractivity contribution is 7.80. The number of benzene rings is 2. The number of nitrogens with one attached hydrogen (secondary N) is 1. The maximum Gasteiger partial charge on any atom is 0.173 e. The van der Waals surface area contributed by atoms with Crippen molar-refractivity contribution in [2.24, 2.45) is 0 Å². The molecule has 27 heavy (non-hydrogen) atoms. The van der Waals surface area contributed by atoms with Gasteiger partial charge in [-0.2, -0.15) is 0 Å². The molecule has 1 aliphatic heterocycles. The summed E-state index contributed by atoms with van der Waals surface area (Å²) in [7, 11) is 1.62. The first-order valence-electron chi connectivity index (χ1n) is 8.81. The lowest BCUT2D eigenvalue weighted by molar-refractivity contribution is 0.0903. The summed E-state index contributed by atoms with van der Waals surface area (Å²) < 4.78 is 25.2. The van der Waals surface area contributed by atoms with Crippen molar-refractivity contribution in [3.8, 4) is 5.75 Å². The van der Waals surface area contributed by atoms with E-state index in [1.54, 1.807) is 19.2 Å². The molecule has 0 unspecified atom stereocenters. The van der Waals surface area contributed by atoms with Crippen molar-refractivity contribution >= 4 is 34.6 Å². The van der Waals surface area contributed by atoms with E-state index >= 15 is 0 Å². The number of halogens is 2. The molecule has 1 aliphatic rings. The second-order valence-electron chi connectivity index (χ2n) is 6.37. The van der Waals surface area contributed by atoms with Gasteiger partial charge in [0.25, 0.3) is 0 Å². The molecule has 0 radical (unpaired) electrons. The Labute approximate surface area is 169 Å². The van der Waals surface area contributed by atoms with Gasteiger partial charge in [0.05, 0.1) is 13.2 Å². The molecule has 0 bridgehead atoms. The third kappa shape index (κ3) is 5.31. The lowest BCUT2D eigenvalue weighted by Gasteiger charge is -2.29. The van der Waals surface area contributed by atoms with Gasteiger partial charge >= 0.3 is 0 Å². The van der Waals surface area contributed by atoms with Crippen LogP contribution in [0.1, 0.15) is 18.4 Å². The molecule has 3 rings (SSSR count). The van der Waals surface area contributed by atoms with E-state index in [1.807, 2.05) is 29.2 Å². The zero-order chi connectivity index (χ0) is 19.2. The van der Waals surface area contributed by atoms with Gasteiger partial charge < -0.3 is 19.7 Å². The van der Waals surface area contributed by atoms with Crippen molar-refractivity contribution < 1.29 is 13.9 Å². The van der Waals surface area contributed by atoms with Crippen LogP contribution in [-0.4, -0.2) is 36.4 Å². The largest absolute Gasteiger partial charge is 0.497 e. The normalized spacial score (nSPS) is 16.2. The lowest BCUT2D eigenvalue weighted by atomic mass is 10.1. The highest BCUT2D eigenvalue weighted by Gasteiger charge is 2.23. The summed E-state index contributed by atoms with van der Waals surface area (Å²) in [5, 5.41) is 4.09. The van der Waals surface area contributed by atoms with Crippen molar-refractivity contribution in [1.82, 2.24) is 4.90 Å². The van der Waals surface area contributed by atoms with Gasteiger partial charge in [-0.15, -0.1) is 0 Å². The van der Waals surface area contributed by atoms with Gasteiger partial charge in [0.15, 0.2) is 5.11 Å². The highest BCUT2D eigenvalue weighted by Crippen LogP contribution is 2.23. The van der Waals surface area contributed by atoms with Crippen LogP contribution in [0.25, 0.3) is 0 Å². The summed E-state index contributed by atoms with van der Waals surface area (Å²) in [6.45, 7) is 1.59. The Hall–Kier alpha value is -1.89. The number of methoxy groups -OCH3 is 1. The minimum Gasteiger partial charge on any atom is -0.497 e. The topological polar surface area (TPSA) is 33.7 Å². The standard InChI is InChI=1S/C20H22ClFN2O2S/c1-25-15-9-7-14(8-10-15)23-20(27)24(12-16-4-3-11-26-16)13-17-18(21)5-2-6-19(17)22/h2,5-10,16H,3-4,11-13H2,1H3,(H,23,27)/t16-/m1/s1. The molecule has 4 nitrogen and oxygen atoms in total. The van der Waals surface area contributed by atoms with Crippen LogP contribution < -0.4 is 10.1 Å². The van der Waals surface area contributed by atoms with E-state index in [2.05, 4.69) is 5.32 Å². The van der Waals surface area contributed by atoms with E-state index in [0.717, 1.165) is 30.9 Å². The summed E-state index contributed by atoms with van der Waals surface area (Å²) in [5.41, 5.74) is 1.26. The number of nitrogens with zero attached hydrogens (tertiary/aromatic N) is 1. The molecule has 2 aromatic rings. The highest BCUT2D eigenvalue weighted by atomic mass is 35.5. The van der Waals surface area contributed by atoms with Crippen LogP contribution in [0, 0.1) is 5.82 Å². The average Bonchev–Trinajstić information content (AvgIpc) is 3.17. The van der Waals surface area contributed by atoms with Crippen LogP contribution >= 0.6 is 23.8 Å². The number of rotatable bonds is 6. The van der Waals surface area contributed by atoms with Gasteiger partial charge in [-0.25, -0.2) is 4.39 Å². The Morgan fingerprint density at radius 3 is 2.74 bits per heavy atom. The number of hydrogen-bond donors (Lipinski definition) is 1. The van der Waals surface area contributed by atoms with E-state index in [9.17, 15) is 4.39 Å². The fourth-order valence-corrected chi connectivity index (χ4v) is 3.48. The molecular formula is C20H22ClFN2O2S. The van der Waals surface area contributed by atoms with Gasteiger partial charge in [-0.05, 0) is 61.5 Å². The zero-order valence-corrected chi connectivity index (χ0v) is 16.7. The molecular weight excluding hydrogens is 387 g/mol. The molecule has 0 aromatic heterocycles. The first kappa shape index (κ1) is 19.9. The van der Waals surface area contributed by atoms with E-state index < -0.39 is 0 Å². The van der Waals surface area contributed by atoms with Crippen molar-refractivity contribution in [3.05, 3.63) is 58.9 Å². The lowest BCUT2D eigenvalue weighted by Crippen LogP contribution is -2.39. The van der Waals surface area contributed by atoms with Gasteiger partial charge in [-0.1, -0.05) is 17.7 Å². The second kappa shape index (κ2) is 9.35. The van der Waals surface area contributed by atoms with Crippen LogP contribution in [0.5, 0.6) is 5.75 Å². The molecule has 1 atom stereocenters. The van der Waals surface area contributed by atoms with E-state index in [0.29, 0.717) is 22.2 Å². The smallest absolute Gasteiger partial charge is 0.173 e. The summed E-state index contributed by atoms with van der Waals surface area (Å²) in [5.74, 6) is 0.424. The first-order valence-corrected chi connectivity index (χ1v) is 9.60. The summed E-state index contributed by atoms with van der Waals surface area (Å²) in [6, 6.07) is 12.2. The predicted octanol–water partition coefficient (Wildman–Crippen LogP) is 4.87. The zero-order valence-electron chi connectivity index (χ0n) is 15.1. The molecule has 1 fully saturated rings. The molecule has 0 spiro atoms. The van der Waals surface area contributed by atoms with Gasteiger partial charge in [0.1, 0.15) is 11.6 Å². The quantitative estimate of drug-likeness (QED) is 0.690. The molecule has 2 aromatic carbocycles. The predicted molar refractivity (Wildman–Crippen MR) is 110 cm³/mol. The average molecular weight is 409 g/mol. The molecule has 0 amide bonds. The fraction of sp³-hybridized carbons (Fsp3) is 0.350. The van der Waals surface area contributed by atoms with Crippen LogP contribution in [0.3, 0.4) is 0 Å². The van der Waals surface area contributed by atoms with Crippen LogP contribution in [0.4, 0.5) is 10.1 Å². The van der Waals surface area contributed by atoms with E-state index in [4.69, 9.17) is 33.3 Å². The molecule has 1 saturated heterocycles. The van der Waals surface area contributed by atoms with E-state index in [-0.39, 0.29) is 18.5 Å². The summed E-state index contributed by atoms with van der Waals surface area (Å²) in [6.07, 6.45) is 2.07. The fourth-order valence-electron chi connectivity index (χ4n) is 3.00. The number of anilines is 1. The number of hydrogen-bond acceptors (Lipinski definition) is 3. The van der Waals surface area contributed by atoms with E-state index in [1.165, 1.54) is 6.07 Å². The van der Waals surface area contributed by atoms with Crippen LogP contribution in [0.2, 0.25) is 5.02 Å². The molecule has 1 N–H and O–H groups in total. The van der Waals surface area contributed by atoms with Crippen molar-refractivity contribution in [2.45, 2.75) is 25.5 Å². The molecule has 0 saturated carbocycles. The minimum absolute atomic E-state index is 0.0752. The second-order valence-corrected chi connectivity index (χ2v) is 7.17. The molecule has 1 heterocycles. The maximum atomic E-state index is 14.3. The van der Waals surface area contributed by atoms with Crippen LogP contribution in [0.15, 0.2) is 42.5 Å². The van der Waals surface area contributed by atoms with Crippen LogP contribution in [-0.2, 0) is 11.3 Å². The summed E-state index contributed by atoms with van der Waals surface area (Å²) >= 11 is 11.8. The SMILES string of the molecule is COc1ccc(NC(=S)N(Cc2c(F)cccc2Cl)C[C@H]2CCCO2)cc1. The minimum atomic E-state index is -0.341. The van der Waals surface area contributed by atoms with Crippen molar-refractivity contribution in [3.63, 3.8) is 0 Å². The molecule has 7 heteroatoms. The maximum absolute atomic E-state index is 14.3. The Kier molecular flexibility index (Phi) is 6.88. The number of thiocarbonyl (C=S) groups is 1. The first-order chi connectivity index (χ1) is 13.1. The Balaban J connectivity index is 1.76. The monoisotopic (exact) mass is 408 g/mol. The summed E-state index contributed by atoms with van der Waals surface area (Å²) in [4.78, 5) is 1.90. The van der Waals surface area contributed by atoms with Crippen molar-refractivity contribution in [2.75, 3.05) is 25.6 Å².